The molecule has 0 aromatic rings. The molecule has 2 atom stereocenters. The molecule has 1 fully saturated rings. The van der Waals surface area contributed by atoms with E-state index >= 15 is 0 Å². The van der Waals surface area contributed by atoms with Crippen molar-refractivity contribution in [2.24, 2.45) is 5.73 Å². The van der Waals surface area contributed by atoms with E-state index in [9.17, 15) is 8.42 Å². The van der Waals surface area contributed by atoms with E-state index in [-0.39, 0.29) is 17.3 Å². The van der Waals surface area contributed by atoms with Gasteiger partial charge in [0.25, 0.3) is 0 Å². The molecule has 0 amide bonds. The van der Waals surface area contributed by atoms with E-state index in [1.165, 1.54) is 0 Å². The molecule has 1 saturated carbocycles. The van der Waals surface area contributed by atoms with Crippen molar-refractivity contribution in [3.8, 4) is 0 Å². The highest BCUT2D eigenvalue weighted by atomic mass is 32.2. The minimum Gasteiger partial charge on any atom is -0.328 e. The number of nitrogens with two attached hydrogens (primary N) is 1. The molecule has 90 valence electrons. The third-order valence-electron chi connectivity index (χ3n) is 2.83. The van der Waals surface area contributed by atoms with Gasteiger partial charge in [0.2, 0.25) is 10.0 Å². The minimum absolute atomic E-state index is 0.0336. The summed E-state index contributed by atoms with van der Waals surface area (Å²) < 4.78 is 26.5. The van der Waals surface area contributed by atoms with Crippen molar-refractivity contribution in [1.29, 1.82) is 0 Å². The van der Waals surface area contributed by atoms with Crippen molar-refractivity contribution in [1.82, 2.24) is 4.72 Å². The van der Waals surface area contributed by atoms with Crippen LogP contribution in [0.25, 0.3) is 0 Å². The van der Waals surface area contributed by atoms with Gasteiger partial charge in [-0.25, -0.2) is 13.1 Å². The van der Waals surface area contributed by atoms with Gasteiger partial charge in [-0.05, 0) is 33.1 Å². The van der Waals surface area contributed by atoms with Crippen LogP contribution in [0, 0.1) is 0 Å². The average molecular weight is 234 g/mol. The number of hydrogen-bond donors (Lipinski definition) is 2. The normalized spacial score (nSPS) is 22.9. The maximum absolute atomic E-state index is 11.9. The van der Waals surface area contributed by atoms with Gasteiger partial charge in [-0.3, -0.25) is 0 Å². The molecule has 0 saturated heterocycles. The van der Waals surface area contributed by atoms with Crippen LogP contribution >= 0.6 is 0 Å². The van der Waals surface area contributed by atoms with Crippen molar-refractivity contribution >= 4 is 10.0 Å². The van der Waals surface area contributed by atoms with Crippen LogP contribution in [0.5, 0.6) is 0 Å². The Morgan fingerprint density at radius 3 is 2.33 bits per heavy atom. The third-order valence-corrected chi connectivity index (χ3v) is 4.91. The van der Waals surface area contributed by atoms with Gasteiger partial charge in [0.05, 0.1) is 5.25 Å². The van der Waals surface area contributed by atoms with Gasteiger partial charge >= 0.3 is 0 Å². The molecule has 4 nitrogen and oxygen atoms in total. The minimum atomic E-state index is -3.11. The van der Waals surface area contributed by atoms with Crippen LogP contribution in [0.1, 0.15) is 46.0 Å². The zero-order chi connectivity index (χ0) is 11.5. The predicted octanol–water partition coefficient (Wildman–Crippen LogP) is 0.974. The molecule has 1 rings (SSSR count). The zero-order valence-corrected chi connectivity index (χ0v) is 10.4. The van der Waals surface area contributed by atoms with E-state index in [0.717, 1.165) is 25.7 Å². The molecule has 0 aromatic carbocycles. The second-order valence-electron chi connectivity index (χ2n) is 4.68. The molecule has 0 radical (unpaired) electrons. The molecule has 0 heterocycles. The molecule has 0 bridgehead atoms. The first-order valence-electron chi connectivity index (χ1n) is 5.68. The zero-order valence-electron chi connectivity index (χ0n) is 9.57. The molecular formula is C10H22N2O2S. The molecule has 2 unspecified atom stereocenters. The first-order chi connectivity index (χ1) is 6.92. The Morgan fingerprint density at radius 1 is 1.33 bits per heavy atom. The largest absolute Gasteiger partial charge is 0.328 e. The lowest BCUT2D eigenvalue weighted by atomic mass is 10.1. The van der Waals surface area contributed by atoms with Gasteiger partial charge in [-0.1, -0.05) is 12.8 Å². The number of sulfonamides is 1. The fourth-order valence-electron chi connectivity index (χ4n) is 2.18. The summed E-state index contributed by atoms with van der Waals surface area (Å²) in [6.07, 6.45) is 4.37. The topological polar surface area (TPSA) is 72.2 Å². The molecule has 3 N–H and O–H groups in total. The Labute approximate surface area is 92.7 Å². The lowest BCUT2D eigenvalue weighted by Crippen LogP contribution is -2.40. The monoisotopic (exact) mass is 234 g/mol. The Bertz CT molecular complexity index is 282. The van der Waals surface area contributed by atoms with Gasteiger partial charge in [-0.2, -0.15) is 0 Å². The first kappa shape index (κ1) is 12.9. The van der Waals surface area contributed by atoms with Crippen LogP contribution in [0.2, 0.25) is 0 Å². The quantitative estimate of drug-likeness (QED) is 0.744. The third kappa shape index (κ3) is 4.09. The summed E-state index contributed by atoms with van der Waals surface area (Å²) in [6.45, 7) is 3.76. The van der Waals surface area contributed by atoms with Crippen LogP contribution in [-0.4, -0.2) is 25.8 Å². The van der Waals surface area contributed by atoms with Crippen molar-refractivity contribution in [3.05, 3.63) is 0 Å². The lowest BCUT2D eigenvalue weighted by molar-refractivity contribution is 0.511. The van der Waals surface area contributed by atoms with Crippen LogP contribution < -0.4 is 10.5 Å². The molecular weight excluding hydrogens is 212 g/mol. The summed E-state index contributed by atoms with van der Waals surface area (Å²) in [4.78, 5) is 0. The second-order valence-corrected chi connectivity index (χ2v) is 6.68. The van der Waals surface area contributed by atoms with Crippen LogP contribution in [-0.2, 0) is 10.0 Å². The summed E-state index contributed by atoms with van der Waals surface area (Å²) >= 11 is 0. The van der Waals surface area contributed by atoms with Crippen molar-refractivity contribution in [3.63, 3.8) is 0 Å². The van der Waals surface area contributed by atoms with Crippen LogP contribution in [0.3, 0.4) is 0 Å². The summed E-state index contributed by atoms with van der Waals surface area (Å²) in [7, 11) is -3.11. The van der Waals surface area contributed by atoms with Gasteiger partial charge in [0.1, 0.15) is 0 Å². The smallest absolute Gasteiger partial charge is 0.214 e. The van der Waals surface area contributed by atoms with E-state index < -0.39 is 10.0 Å². The fourth-order valence-corrected chi connectivity index (χ4v) is 3.98. The Morgan fingerprint density at radius 2 is 1.87 bits per heavy atom. The van der Waals surface area contributed by atoms with Crippen LogP contribution in [0.15, 0.2) is 0 Å². The number of hydrogen-bond acceptors (Lipinski definition) is 3. The van der Waals surface area contributed by atoms with Crippen molar-refractivity contribution in [2.75, 3.05) is 0 Å². The average Bonchev–Trinajstić information content (AvgIpc) is 2.51. The number of nitrogens with one attached hydrogen (secondary N) is 1. The highest BCUT2D eigenvalue weighted by molar-refractivity contribution is 7.90. The summed E-state index contributed by atoms with van der Waals surface area (Å²) in [5.41, 5.74) is 5.63. The standard InChI is InChI=1S/C10H22N2O2S/c1-8(11)7-9(2)12-15(13,14)10-5-3-4-6-10/h8-10,12H,3-7,11H2,1-2H3. The van der Waals surface area contributed by atoms with E-state index in [1.807, 2.05) is 13.8 Å². The highest BCUT2D eigenvalue weighted by Crippen LogP contribution is 2.24. The highest BCUT2D eigenvalue weighted by Gasteiger charge is 2.29. The van der Waals surface area contributed by atoms with E-state index in [0.29, 0.717) is 6.42 Å². The Balaban J connectivity index is 2.48. The van der Waals surface area contributed by atoms with Gasteiger partial charge in [-0.15, -0.1) is 0 Å². The summed E-state index contributed by atoms with van der Waals surface area (Å²) in [5, 5.41) is -0.173. The van der Waals surface area contributed by atoms with E-state index in [4.69, 9.17) is 5.73 Å². The van der Waals surface area contributed by atoms with Crippen molar-refractivity contribution < 1.29 is 8.42 Å². The molecule has 1 aliphatic rings. The molecule has 15 heavy (non-hydrogen) atoms. The molecule has 0 aromatic heterocycles. The summed E-state index contributed by atoms with van der Waals surface area (Å²) in [5.74, 6) is 0. The molecule has 0 spiro atoms. The first-order valence-corrected chi connectivity index (χ1v) is 7.23. The van der Waals surface area contributed by atoms with E-state index in [2.05, 4.69) is 4.72 Å². The maximum atomic E-state index is 11.9. The fraction of sp³-hybridized carbons (Fsp3) is 1.00. The van der Waals surface area contributed by atoms with Gasteiger partial charge in [0.15, 0.2) is 0 Å². The van der Waals surface area contributed by atoms with Crippen LogP contribution in [0.4, 0.5) is 0 Å². The lowest BCUT2D eigenvalue weighted by Gasteiger charge is -2.19. The predicted molar refractivity (Wildman–Crippen MR) is 62.0 cm³/mol. The van der Waals surface area contributed by atoms with E-state index in [1.54, 1.807) is 0 Å². The molecule has 0 aliphatic heterocycles. The SMILES string of the molecule is CC(N)CC(C)NS(=O)(=O)C1CCCC1. The van der Waals surface area contributed by atoms with Gasteiger partial charge in [0, 0.05) is 12.1 Å². The Kier molecular flexibility index (Phi) is 4.55. The second kappa shape index (κ2) is 5.27. The van der Waals surface area contributed by atoms with Gasteiger partial charge < -0.3 is 5.73 Å². The maximum Gasteiger partial charge on any atom is 0.214 e. The Hall–Kier alpha value is -0.130. The number of rotatable bonds is 5. The molecule has 1 aliphatic carbocycles. The molecule has 5 heteroatoms. The van der Waals surface area contributed by atoms with Crippen molar-refractivity contribution in [2.45, 2.75) is 63.3 Å². The summed E-state index contributed by atoms with van der Waals surface area (Å²) in [6, 6.07) is -0.0260.